The van der Waals surface area contributed by atoms with Crippen molar-refractivity contribution in [2.24, 2.45) is 0 Å². The highest BCUT2D eigenvalue weighted by Crippen LogP contribution is 2.34. The van der Waals surface area contributed by atoms with Crippen LogP contribution in [0.2, 0.25) is 0 Å². The topological polar surface area (TPSA) is 100 Å². The molecule has 4 heterocycles. The number of thioether (sulfide) groups is 1. The second-order valence-corrected chi connectivity index (χ2v) is 7.60. The Bertz CT molecular complexity index is 1060. The van der Waals surface area contributed by atoms with E-state index in [1.807, 2.05) is 25.3 Å². The van der Waals surface area contributed by atoms with Crippen LogP contribution in [0.4, 0.5) is 0 Å². The molecule has 0 fully saturated rings. The zero-order chi connectivity index (χ0) is 17.4. The van der Waals surface area contributed by atoms with Gasteiger partial charge in [-0.1, -0.05) is 18.7 Å². The van der Waals surface area contributed by atoms with Gasteiger partial charge in [0.2, 0.25) is 5.16 Å². The lowest BCUT2D eigenvalue weighted by Crippen LogP contribution is -2.12. The van der Waals surface area contributed by atoms with E-state index in [4.69, 9.17) is 4.42 Å². The van der Waals surface area contributed by atoms with E-state index in [0.717, 1.165) is 17.8 Å². The lowest BCUT2D eigenvalue weighted by atomic mass is 10.2. The minimum Gasteiger partial charge on any atom is -0.464 e. The maximum absolute atomic E-state index is 12.6. The van der Waals surface area contributed by atoms with Gasteiger partial charge in [-0.25, -0.2) is 9.97 Å². The molecular weight excluding hydrogens is 358 g/mol. The smallest absolute Gasteiger partial charge is 0.260 e. The van der Waals surface area contributed by atoms with E-state index in [9.17, 15) is 4.79 Å². The molecule has 4 rings (SSSR count). The van der Waals surface area contributed by atoms with Crippen LogP contribution in [0.5, 0.6) is 0 Å². The number of fused-ring (bicyclic) bond motifs is 1. The van der Waals surface area contributed by atoms with Crippen molar-refractivity contribution in [1.29, 1.82) is 0 Å². The Hall–Kier alpha value is -2.39. The first kappa shape index (κ1) is 16.1. The molecule has 0 saturated heterocycles. The van der Waals surface area contributed by atoms with Crippen molar-refractivity contribution in [3.8, 4) is 11.3 Å². The van der Waals surface area contributed by atoms with Gasteiger partial charge in [-0.3, -0.25) is 9.89 Å². The van der Waals surface area contributed by atoms with Gasteiger partial charge in [0.05, 0.1) is 16.9 Å². The van der Waals surface area contributed by atoms with E-state index in [1.54, 1.807) is 12.3 Å². The van der Waals surface area contributed by atoms with Crippen molar-refractivity contribution in [3.05, 3.63) is 45.8 Å². The van der Waals surface area contributed by atoms with Gasteiger partial charge in [-0.15, -0.1) is 16.4 Å². The number of thiophene rings is 1. The van der Waals surface area contributed by atoms with Crippen molar-refractivity contribution in [2.45, 2.75) is 30.7 Å². The van der Waals surface area contributed by atoms with E-state index in [-0.39, 0.29) is 10.8 Å². The number of aryl methyl sites for hydroxylation is 1. The highest BCUT2D eigenvalue weighted by Gasteiger charge is 2.18. The molecule has 0 aromatic carbocycles. The Labute approximate surface area is 150 Å². The molecule has 0 aliphatic rings. The minimum atomic E-state index is -0.163. The standard InChI is InChI=1S/C16H15N5O2S2/c1-3-11-17-16(21-20-11)25-8(2)13-18-14(22)12-9(7-24-15(12)19-13)10-5-4-6-23-10/h4-8H,3H2,1-2H3,(H,17,20,21)(H,18,19,22)/t8-/m1/s1. The molecule has 128 valence electrons. The highest BCUT2D eigenvalue weighted by molar-refractivity contribution is 7.99. The number of aromatic amines is 2. The summed E-state index contributed by atoms with van der Waals surface area (Å²) in [6.45, 7) is 3.98. The minimum absolute atomic E-state index is 0.0771. The molecule has 0 bridgehead atoms. The number of rotatable bonds is 5. The highest BCUT2D eigenvalue weighted by atomic mass is 32.2. The largest absolute Gasteiger partial charge is 0.464 e. The van der Waals surface area contributed by atoms with Crippen LogP contribution in [-0.4, -0.2) is 25.1 Å². The Morgan fingerprint density at radius 3 is 3.00 bits per heavy atom. The third kappa shape index (κ3) is 3.00. The van der Waals surface area contributed by atoms with Gasteiger partial charge in [0.15, 0.2) is 0 Å². The van der Waals surface area contributed by atoms with Gasteiger partial charge in [0.25, 0.3) is 5.56 Å². The van der Waals surface area contributed by atoms with Crippen LogP contribution in [0.1, 0.15) is 30.7 Å². The van der Waals surface area contributed by atoms with Crippen LogP contribution in [0.25, 0.3) is 21.5 Å². The molecule has 0 amide bonds. The zero-order valence-electron chi connectivity index (χ0n) is 13.6. The molecule has 9 heteroatoms. The van der Waals surface area contributed by atoms with Crippen LogP contribution in [0.15, 0.2) is 38.1 Å². The van der Waals surface area contributed by atoms with E-state index in [0.29, 0.717) is 27.0 Å². The molecule has 0 unspecified atom stereocenters. The third-order valence-corrected chi connectivity index (χ3v) is 5.60. The molecule has 2 N–H and O–H groups in total. The number of aromatic nitrogens is 5. The first-order valence-electron chi connectivity index (χ1n) is 7.79. The van der Waals surface area contributed by atoms with Gasteiger partial charge in [-0.05, 0) is 19.1 Å². The van der Waals surface area contributed by atoms with Crippen LogP contribution >= 0.6 is 23.1 Å². The summed E-state index contributed by atoms with van der Waals surface area (Å²) in [7, 11) is 0. The predicted molar refractivity (Wildman–Crippen MR) is 98.0 cm³/mol. The van der Waals surface area contributed by atoms with Gasteiger partial charge < -0.3 is 9.40 Å². The summed E-state index contributed by atoms with van der Waals surface area (Å²) in [6, 6.07) is 3.64. The number of hydrogen-bond acceptors (Lipinski definition) is 7. The average Bonchev–Trinajstić information content (AvgIpc) is 3.34. The van der Waals surface area contributed by atoms with Crippen molar-refractivity contribution in [1.82, 2.24) is 25.1 Å². The molecule has 0 saturated carbocycles. The van der Waals surface area contributed by atoms with E-state index < -0.39 is 0 Å². The maximum atomic E-state index is 12.6. The summed E-state index contributed by atoms with van der Waals surface area (Å²) in [5.41, 5.74) is 0.608. The molecule has 0 aliphatic heterocycles. The number of hydrogen-bond donors (Lipinski definition) is 2. The summed E-state index contributed by atoms with van der Waals surface area (Å²) in [5, 5.41) is 10.1. The lowest BCUT2D eigenvalue weighted by molar-refractivity contribution is 0.583. The van der Waals surface area contributed by atoms with Crippen molar-refractivity contribution >= 4 is 33.3 Å². The quantitative estimate of drug-likeness (QED) is 0.516. The van der Waals surface area contributed by atoms with Gasteiger partial charge in [0.1, 0.15) is 22.2 Å². The zero-order valence-corrected chi connectivity index (χ0v) is 15.2. The monoisotopic (exact) mass is 373 g/mol. The maximum Gasteiger partial charge on any atom is 0.260 e. The molecular formula is C16H15N5O2S2. The molecule has 0 spiro atoms. The Morgan fingerprint density at radius 2 is 2.28 bits per heavy atom. The average molecular weight is 373 g/mol. The molecule has 0 radical (unpaired) electrons. The van der Waals surface area contributed by atoms with Crippen LogP contribution in [0.3, 0.4) is 0 Å². The molecule has 4 aromatic heterocycles. The van der Waals surface area contributed by atoms with Crippen LogP contribution in [0, 0.1) is 0 Å². The van der Waals surface area contributed by atoms with E-state index in [2.05, 4.69) is 25.1 Å². The van der Waals surface area contributed by atoms with Crippen LogP contribution < -0.4 is 5.56 Å². The summed E-state index contributed by atoms with van der Waals surface area (Å²) < 4.78 is 5.41. The fraction of sp³-hybridized carbons (Fsp3) is 0.250. The van der Waals surface area contributed by atoms with E-state index >= 15 is 0 Å². The lowest BCUT2D eigenvalue weighted by Gasteiger charge is -2.07. The Balaban J connectivity index is 1.68. The van der Waals surface area contributed by atoms with Gasteiger partial charge >= 0.3 is 0 Å². The number of nitrogens with zero attached hydrogens (tertiary/aromatic N) is 3. The number of H-pyrrole nitrogens is 2. The van der Waals surface area contributed by atoms with Crippen LogP contribution in [-0.2, 0) is 6.42 Å². The normalized spacial score (nSPS) is 12.7. The van der Waals surface area contributed by atoms with E-state index in [1.165, 1.54) is 23.1 Å². The molecule has 25 heavy (non-hydrogen) atoms. The SMILES string of the molecule is CCc1nc(S[C@H](C)c2nc3scc(-c4ccco4)c3c(=O)[nH]2)n[nH]1. The second kappa shape index (κ2) is 6.49. The van der Waals surface area contributed by atoms with Gasteiger partial charge in [-0.2, -0.15) is 0 Å². The van der Waals surface area contributed by atoms with Gasteiger partial charge in [0, 0.05) is 17.4 Å². The summed E-state index contributed by atoms with van der Waals surface area (Å²) in [6.07, 6.45) is 2.39. The first-order valence-corrected chi connectivity index (χ1v) is 9.55. The molecule has 0 aliphatic carbocycles. The summed E-state index contributed by atoms with van der Waals surface area (Å²) in [5.74, 6) is 2.12. The molecule has 4 aromatic rings. The molecule has 7 nitrogen and oxygen atoms in total. The first-order chi connectivity index (χ1) is 12.2. The van der Waals surface area contributed by atoms with Crippen molar-refractivity contribution < 1.29 is 4.42 Å². The second-order valence-electron chi connectivity index (χ2n) is 5.44. The Morgan fingerprint density at radius 1 is 1.40 bits per heavy atom. The van der Waals surface area contributed by atoms with Crippen molar-refractivity contribution in [2.75, 3.05) is 0 Å². The molecule has 1 atom stereocenters. The summed E-state index contributed by atoms with van der Waals surface area (Å²) in [4.78, 5) is 25.2. The fourth-order valence-electron chi connectivity index (χ4n) is 2.47. The third-order valence-electron chi connectivity index (χ3n) is 3.76. The fourth-order valence-corrected chi connectivity index (χ4v) is 4.21. The number of furan rings is 1. The number of nitrogens with one attached hydrogen (secondary N) is 2. The summed E-state index contributed by atoms with van der Waals surface area (Å²) >= 11 is 2.89. The predicted octanol–water partition coefficient (Wildman–Crippen LogP) is 3.78. The van der Waals surface area contributed by atoms with Crippen molar-refractivity contribution in [3.63, 3.8) is 0 Å². The Kier molecular flexibility index (Phi) is 4.18.